The van der Waals surface area contributed by atoms with Gasteiger partial charge in [0.1, 0.15) is 0 Å². The number of benzene rings is 1. The molecule has 1 N–H and O–H groups in total. The Morgan fingerprint density at radius 1 is 1.10 bits per heavy atom. The molecule has 2 aromatic rings. The van der Waals surface area contributed by atoms with Gasteiger partial charge in [-0.15, -0.1) is 24.0 Å². The number of hydrogen-bond donors (Lipinski definition) is 1. The van der Waals surface area contributed by atoms with E-state index in [4.69, 9.17) is 14.1 Å². The highest BCUT2D eigenvalue weighted by atomic mass is 127. The van der Waals surface area contributed by atoms with E-state index in [9.17, 15) is 4.79 Å². The lowest BCUT2D eigenvalue weighted by Crippen LogP contribution is -2.53. The highest BCUT2D eigenvalue weighted by molar-refractivity contribution is 14.0. The van der Waals surface area contributed by atoms with Crippen molar-refractivity contribution in [3.63, 3.8) is 0 Å². The summed E-state index contributed by atoms with van der Waals surface area (Å²) in [6.07, 6.45) is 2.67. The van der Waals surface area contributed by atoms with Gasteiger partial charge in [-0.05, 0) is 31.0 Å². The van der Waals surface area contributed by atoms with Crippen LogP contribution in [0.5, 0.6) is 0 Å². The number of carbonyl (C=O) groups is 1. The molecule has 2 unspecified atom stereocenters. The third kappa shape index (κ3) is 5.79. The van der Waals surface area contributed by atoms with Gasteiger partial charge in [-0.3, -0.25) is 9.79 Å². The molecule has 1 amide bonds. The zero-order valence-electron chi connectivity index (χ0n) is 17.9. The number of guanidine groups is 1. The fourth-order valence-corrected chi connectivity index (χ4v) is 4.14. The van der Waals surface area contributed by atoms with Crippen molar-refractivity contribution in [2.24, 2.45) is 10.9 Å². The lowest BCUT2D eigenvalue weighted by molar-refractivity contribution is 0.0657. The molecule has 0 spiro atoms. The Morgan fingerprint density at radius 2 is 1.84 bits per heavy atom. The first-order valence-electron chi connectivity index (χ1n) is 10.8. The van der Waals surface area contributed by atoms with Crippen molar-refractivity contribution in [1.29, 1.82) is 0 Å². The van der Waals surface area contributed by atoms with Crippen molar-refractivity contribution in [3.8, 4) is 0 Å². The number of hydrogen-bond acceptors (Lipinski definition) is 4. The summed E-state index contributed by atoms with van der Waals surface area (Å²) in [6, 6.07) is 13.9. The Morgan fingerprint density at radius 3 is 2.52 bits per heavy atom. The second-order valence-electron chi connectivity index (χ2n) is 7.70. The van der Waals surface area contributed by atoms with E-state index in [1.807, 2.05) is 11.0 Å². The van der Waals surface area contributed by atoms with Crippen LogP contribution in [-0.2, 0) is 4.74 Å². The van der Waals surface area contributed by atoms with Gasteiger partial charge >= 0.3 is 0 Å². The predicted octanol–water partition coefficient (Wildman–Crippen LogP) is 3.40. The number of nitrogens with zero attached hydrogens (tertiary/aromatic N) is 3. The highest BCUT2D eigenvalue weighted by Gasteiger charge is 2.30. The maximum Gasteiger partial charge on any atom is 0.289 e. The van der Waals surface area contributed by atoms with Crippen LogP contribution in [0.2, 0.25) is 0 Å². The summed E-state index contributed by atoms with van der Waals surface area (Å²) in [5.74, 6) is 1.65. The standard InChI is InChI=1S/C23H30N4O3.HI/c1-2-24-23(25-17-19-10-16-30-21(19)18-7-4-3-5-8-18)27-13-11-26(12-14-27)22(28)20-9-6-15-29-20;/h3-9,15,19,21H,2,10-14,16-17H2,1H3,(H,24,25);1H. The second kappa shape index (κ2) is 11.5. The average molecular weight is 538 g/mol. The summed E-state index contributed by atoms with van der Waals surface area (Å²) in [7, 11) is 0. The molecule has 2 fully saturated rings. The Hall–Kier alpha value is -2.07. The molecule has 4 rings (SSSR count). The SMILES string of the molecule is CCNC(=NCC1CCOC1c1ccccc1)N1CCN(C(=O)c2ccco2)CC1.I. The number of furan rings is 1. The minimum atomic E-state index is -0.0459. The smallest absolute Gasteiger partial charge is 0.289 e. The molecule has 0 saturated carbocycles. The van der Waals surface area contributed by atoms with Crippen LogP contribution < -0.4 is 5.32 Å². The molecular formula is C23H31IN4O3. The summed E-state index contributed by atoms with van der Waals surface area (Å²) in [5, 5.41) is 3.42. The van der Waals surface area contributed by atoms with Gasteiger partial charge in [0.25, 0.3) is 5.91 Å². The van der Waals surface area contributed by atoms with Gasteiger partial charge in [0.05, 0.1) is 12.4 Å². The van der Waals surface area contributed by atoms with E-state index in [0.29, 0.717) is 24.8 Å². The Kier molecular flexibility index (Phi) is 8.77. The molecule has 3 heterocycles. The molecule has 0 aliphatic carbocycles. The van der Waals surface area contributed by atoms with E-state index in [-0.39, 0.29) is 36.0 Å². The number of amides is 1. The summed E-state index contributed by atoms with van der Waals surface area (Å²) in [4.78, 5) is 21.5. The maximum absolute atomic E-state index is 12.5. The van der Waals surface area contributed by atoms with Crippen LogP contribution in [0.4, 0.5) is 0 Å². The monoisotopic (exact) mass is 538 g/mol. The van der Waals surface area contributed by atoms with Crippen LogP contribution in [-0.4, -0.2) is 67.5 Å². The predicted molar refractivity (Wildman–Crippen MR) is 131 cm³/mol. The number of rotatable bonds is 5. The van der Waals surface area contributed by atoms with Gasteiger partial charge in [0, 0.05) is 51.8 Å². The van der Waals surface area contributed by atoms with Crippen molar-refractivity contribution in [1.82, 2.24) is 15.1 Å². The molecule has 7 nitrogen and oxygen atoms in total. The third-order valence-electron chi connectivity index (χ3n) is 5.75. The lowest BCUT2D eigenvalue weighted by atomic mass is 9.95. The van der Waals surface area contributed by atoms with E-state index >= 15 is 0 Å². The van der Waals surface area contributed by atoms with E-state index in [1.54, 1.807) is 12.1 Å². The average Bonchev–Trinajstić information content (AvgIpc) is 3.49. The number of piperazine rings is 1. The molecule has 2 aliphatic heterocycles. The number of halogens is 1. The summed E-state index contributed by atoms with van der Waals surface area (Å²) in [5.41, 5.74) is 1.23. The fourth-order valence-electron chi connectivity index (χ4n) is 4.14. The van der Waals surface area contributed by atoms with Crippen LogP contribution in [0, 0.1) is 5.92 Å². The molecule has 0 radical (unpaired) electrons. The van der Waals surface area contributed by atoms with Gasteiger partial charge in [0.2, 0.25) is 0 Å². The summed E-state index contributed by atoms with van der Waals surface area (Å²) in [6.45, 7) is 7.22. The fraction of sp³-hybridized carbons (Fsp3) is 0.478. The zero-order valence-corrected chi connectivity index (χ0v) is 20.2. The van der Waals surface area contributed by atoms with Crippen molar-refractivity contribution < 1.29 is 13.9 Å². The zero-order chi connectivity index (χ0) is 20.8. The summed E-state index contributed by atoms with van der Waals surface area (Å²) < 4.78 is 11.3. The third-order valence-corrected chi connectivity index (χ3v) is 5.75. The Balaban J connectivity index is 0.00000272. The molecule has 2 atom stereocenters. The molecule has 2 saturated heterocycles. The van der Waals surface area contributed by atoms with Crippen LogP contribution in [0.25, 0.3) is 0 Å². The van der Waals surface area contributed by atoms with Gasteiger partial charge in [0.15, 0.2) is 11.7 Å². The van der Waals surface area contributed by atoms with Gasteiger partial charge in [-0.1, -0.05) is 30.3 Å². The number of nitrogens with one attached hydrogen (secondary N) is 1. The first-order valence-corrected chi connectivity index (χ1v) is 10.8. The topological polar surface area (TPSA) is 70.3 Å². The lowest BCUT2D eigenvalue weighted by Gasteiger charge is -2.36. The number of carbonyl (C=O) groups excluding carboxylic acids is 1. The first kappa shape index (κ1) is 23.6. The van der Waals surface area contributed by atoms with Gasteiger partial charge in [-0.25, -0.2) is 0 Å². The first-order chi connectivity index (χ1) is 14.8. The van der Waals surface area contributed by atoms with Crippen molar-refractivity contribution >= 4 is 35.8 Å². The molecular weight excluding hydrogens is 507 g/mol. The molecule has 1 aromatic carbocycles. The quantitative estimate of drug-likeness (QED) is 0.359. The number of aliphatic imine (C=N–C) groups is 1. The Bertz CT molecular complexity index is 836. The number of ether oxygens (including phenoxy) is 1. The molecule has 8 heteroatoms. The van der Waals surface area contributed by atoms with E-state index < -0.39 is 0 Å². The molecule has 31 heavy (non-hydrogen) atoms. The van der Waals surface area contributed by atoms with E-state index in [0.717, 1.165) is 45.2 Å². The second-order valence-corrected chi connectivity index (χ2v) is 7.70. The minimum absolute atomic E-state index is 0. The Labute approximate surface area is 200 Å². The van der Waals surface area contributed by atoms with Gasteiger partial charge in [-0.2, -0.15) is 0 Å². The maximum atomic E-state index is 12.5. The minimum Gasteiger partial charge on any atom is -0.459 e. The van der Waals surface area contributed by atoms with Gasteiger partial charge < -0.3 is 24.3 Å². The summed E-state index contributed by atoms with van der Waals surface area (Å²) >= 11 is 0. The largest absolute Gasteiger partial charge is 0.459 e. The van der Waals surface area contributed by atoms with E-state index in [2.05, 4.69) is 41.4 Å². The highest BCUT2D eigenvalue weighted by Crippen LogP contribution is 2.34. The van der Waals surface area contributed by atoms with Crippen LogP contribution in [0.15, 0.2) is 58.1 Å². The van der Waals surface area contributed by atoms with Crippen LogP contribution in [0.1, 0.15) is 35.6 Å². The molecule has 1 aromatic heterocycles. The van der Waals surface area contributed by atoms with Crippen molar-refractivity contribution in [2.45, 2.75) is 19.4 Å². The van der Waals surface area contributed by atoms with Crippen molar-refractivity contribution in [2.75, 3.05) is 45.9 Å². The van der Waals surface area contributed by atoms with Crippen LogP contribution in [0.3, 0.4) is 0 Å². The normalized spacial score (nSPS) is 21.6. The molecule has 168 valence electrons. The molecule has 2 aliphatic rings. The molecule has 0 bridgehead atoms. The van der Waals surface area contributed by atoms with Crippen molar-refractivity contribution in [3.05, 3.63) is 60.1 Å². The van der Waals surface area contributed by atoms with E-state index in [1.165, 1.54) is 11.8 Å². The van der Waals surface area contributed by atoms with Crippen LogP contribution >= 0.6 is 24.0 Å².